The molecule has 0 bridgehead atoms. The van der Waals surface area contributed by atoms with Crippen LogP contribution in [0.5, 0.6) is 5.75 Å². The highest BCUT2D eigenvalue weighted by Crippen LogP contribution is 2.37. The van der Waals surface area contributed by atoms with Gasteiger partial charge in [0.2, 0.25) is 0 Å². The van der Waals surface area contributed by atoms with Crippen LogP contribution in [-0.4, -0.2) is 4.89 Å². The van der Waals surface area contributed by atoms with Crippen molar-refractivity contribution in [3.63, 3.8) is 0 Å². The van der Waals surface area contributed by atoms with Crippen LogP contribution < -0.4 is 4.52 Å². The van der Waals surface area contributed by atoms with Gasteiger partial charge in [0.1, 0.15) is 5.75 Å². The van der Waals surface area contributed by atoms with Gasteiger partial charge in [-0.05, 0) is 35.9 Å². The van der Waals surface area contributed by atoms with Crippen molar-refractivity contribution in [2.75, 3.05) is 0 Å². The third kappa shape index (κ3) is 7.75. The van der Waals surface area contributed by atoms with Gasteiger partial charge in [-0.2, -0.15) is 0 Å². The molecule has 1 aromatic carbocycles. The molecule has 1 atom stereocenters. The summed E-state index contributed by atoms with van der Waals surface area (Å²) >= 11 is 0. The minimum Gasteiger partial charge on any atom is -0.425 e. The average Bonchev–Trinajstić information content (AvgIpc) is 2.48. The molecule has 0 heterocycles. The molecule has 0 spiro atoms. The Bertz CT molecular complexity index is 401. The van der Waals surface area contributed by atoms with Gasteiger partial charge in [-0.25, -0.2) is 0 Å². The fourth-order valence-electron chi connectivity index (χ4n) is 2.36. The molecule has 1 unspecified atom stereocenters. The molecule has 0 aliphatic carbocycles. The molecule has 21 heavy (non-hydrogen) atoms. The van der Waals surface area contributed by atoms with Gasteiger partial charge in [0.25, 0.3) is 0 Å². The van der Waals surface area contributed by atoms with E-state index in [1.165, 1.54) is 38.5 Å². The normalized spacial score (nSPS) is 12.4. The molecule has 0 aromatic heterocycles. The fraction of sp³-hybridized carbons (Fsp3) is 0.625. The number of rotatable bonds is 11. The molecule has 1 rings (SSSR count). The van der Waals surface area contributed by atoms with Crippen LogP contribution in [0.1, 0.15) is 63.0 Å². The number of hydrogen-bond acceptors (Lipinski definition) is 3. The number of aryl methyl sites for hydroxylation is 2. The predicted molar refractivity (Wildman–Crippen MR) is 84.8 cm³/mol. The second kappa shape index (κ2) is 10.9. The van der Waals surface area contributed by atoms with Crippen molar-refractivity contribution >= 4 is 8.60 Å². The van der Waals surface area contributed by atoms with Crippen LogP contribution in [0.25, 0.3) is 0 Å². The Balaban J connectivity index is 2.40. The first-order valence-electron chi connectivity index (χ1n) is 7.72. The van der Waals surface area contributed by atoms with E-state index in [1.54, 1.807) is 6.07 Å². The first kappa shape index (κ1) is 18.3. The topological polar surface area (TPSA) is 38.7 Å². The average molecular weight is 316 g/mol. The quantitative estimate of drug-likeness (QED) is 0.415. The second-order valence-corrected chi connectivity index (χ2v) is 6.18. The van der Waals surface area contributed by atoms with Crippen molar-refractivity contribution < 1.29 is 18.7 Å². The molecule has 3 nitrogen and oxygen atoms in total. The summed E-state index contributed by atoms with van der Waals surface area (Å²) in [5.74, 6) is 0.512. The number of unbranched alkanes of at least 4 members (excludes halogenated alkanes) is 6. The smallest absolute Gasteiger partial charge is 0.425 e. The minimum absolute atomic E-state index is 0.512. The van der Waals surface area contributed by atoms with E-state index in [0.29, 0.717) is 5.75 Å². The van der Waals surface area contributed by atoms with E-state index in [4.69, 9.17) is 9.42 Å². The van der Waals surface area contributed by atoms with Crippen LogP contribution >= 0.6 is 8.60 Å². The van der Waals surface area contributed by atoms with E-state index in [9.17, 15) is 4.53 Å². The maximum atomic E-state index is 11.9. The van der Waals surface area contributed by atoms with Crippen molar-refractivity contribution in [2.24, 2.45) is 0 Å². The molecule has 1 N–H and O–H groups in total. The lowest BCUT2D eigenvalue weighted by atomic mass is 10.0. The van der Waals surface area contributed by atoms with Crippen molar-refractivity contribution in [1.82, 2.24) is 0 Å². The van der Waals surface area contributed by atoms with Gasteiger partial charge in [0.05, 0.1) is 0 Å². The molecule has 0 radical (unpaired) electrons. The summed E-state index contributed by atoms with van der Waals surface area (Å²) in [5, 5.41) is 0. The van der Waals surface area contributed by atoms with Crippen molar-refractivity contribution in [3.8, 4) is 5.75 Å². The molecule has 0 saturated heterocycles. The van der Waals surface area contributed by atoms with E-state index in [0.717, 1.165) is 24.0 Å². The Kier molecular flexibility index (Phi) is 9.56. The molecule has 0 aliphatic rings. The van der Waals surface area contributed by atoms with Crippen LogP contribution in [0.4, 0.5) is 4.53 Å². The summed E-state index contributed by atoms with van der Waals surface area (Å²) in [4.78, 5) is 9.14. The van der Waals surface area contributed by atoms with Gasteiger partial charge in [-0.3, -0.25) is 0 Å². The molecule has 1 aromatic rings. The number of halogens is 1. The maximum absolute atomic E-state index is 11.9. The van der Waals surface area contributed by atoms with Crippen molar-refractivity contribution in [3.05, 3.63) is 29.3 Å². The van der Waals surface area contributed by atoms with Crippen LogP contribution in [0.3, 0.4) is 0 Å². The highest BCUT2D eigenvalue weighted by atomic mass is 31.2. The third-order valence-corrected chi connectivity index (χ3v) is 3.97. The highest BCUT2D eigenvalue weighted by Gasteiger charge is 2.12. The van der Waals surface area contributed by atoms with Gasteiger partial charge in [0.15, 0.2) is 0 Å². The highest BCUT2D eigenvalue weighted by molar-refractivity contribution is 7.40. The fourth-order valence-corrected chi connectivity index (χ4v) is 2.74. The SMILES string of the molecule is CCCCCCCCCc1cc(C)ccc1OP(O)OF. The summed E-state index contributed by atoms with van der Waals surface area (Å²) in [7, 11) is -2.48. The zero-order valence-corrected chi connectivity index (χ0v) is 13.9. The van der Waals surface area contributed by atoms with E-state index in [2.05, 4.69) is 11.7 Å². The monoisotopic (exact) mass is 316 g/mol. The summed E-state index contributed by atoms with van der Waals surface area (Å²) in [6.45, 7) is 4.22. The minimum atomic E-state index is -2.48. The van der Waals surface area contributed by atoms with E-state index < -0.39 is 8.60 Å². The Morgan fingerprint density at radius 2 is 1.76 bits per heavy atom. The van der Waals surface area contributed by atoms with Crippen molar-refractivity contribution in [2.45, 2.75) is 65.2 Å². The third-order valence-electron chi connectivity index (χ3n) is 3.50. The van der Waals surface area contributed by atoms with Crippen LogP contribution in [0.2, 0.25) is 0 Å². The van der Waals surface area contributed by atoms with E-state index in [1.807, 2.05) is 19.1 Å². The molecular weight excluding hydrogens is 290 g/mol. The molecule has 0 amide bonds. The lowest BCUT2D eigenvalue weighted by Gasteiger charge is -2.12. The largest absolute Gasteiger partial charge is 0.428 e. The molecule has 0 fully saturated rings. The maximum Gasteiger partial charge on any atom is 0.428 e. The zero-order chi connectivity index (χ0) is 15.5. The Hall–Kier alpha value is -0.700. The number of benzene rings is 1. The first-order valence-corrected chi connectivity index (χ1v) is 8.85. The second-order valence-electron chi connectivity index (χ2n) is 5.38. The Morgan fingerprint density at radius 1 is 1.10 bits per heavy atom. The Morgan fingerprint density at radius 3 is 2.43 bits per heavy atom. The standard InChI is InChI=1S/C16H26FO3P/c1-3-4-5-6-7-8-9-10-15-13-14(2)11-12-16(15)19-21(18)20-17/h11-13,18H,3-10H2,1-2H3. The van der Waals surface area contributed by atoms with Crippen LogP contribution in [0.15, 0.2) is 18.2 Å². The van der Waals surface area contributed by atoms with Gasteiger partial charge in [-0.1, -0.05) is 67.9 Å². The molecule has 5 heteroatoms. The Labute approximate surface area is 128 Å². The molecular formula is C16H26FO3P. The van der Waals surface area contributed by atoms with Gasteiger partial charge >= 0.3 is 8.60 Å². The lowest BCUT2D eigenvalue weighted by molar-refractivity contribution is -0.0178. The predicted octanol–water partition coefficient (Wildman–Crippen LogP) is 5.79. The lowest BCUT2D eigenvalue weighted by Crippen LogP contribution is -1.95. The number of hydrogen-bond donors (Lipinski definition) is 1. The summed E-state index contributed by atoms with van der Waals surface area (Å²) in [5.41, 5.74) is 2.13. The molecule has 120 valence electrons. The molecule has 0 saturated carbocycles. The van der Waals surface area contributed by atoms with Crippen LogP contribution in [0, 0.1) is 6.92 Å². The summed E-state index contributed by atoms with van der Waals surface area (Å²) < 4.78 is 20.3. The van der Waals surface area contributed by atoms with Crippen molar-refractivity contribution in [1.29, 1.82) is 0 Å². The molecule has 0 aliphatic heterocycles. The van der Waals surface area contributed by atoms with Gasteiger partial charge < -0.3 is 9.42 Å². The summed E-state index contributed by atoms with van der Waals surface area (Å²) in [6.07, 6.45) is 9.59. The first-order chi connectivity index (χ1) is 10.2. The van der Waals surface area contributed by atoms with E-state index in [-0.39, 0.29) is 0 Å². The summed E-state index contributed by atoms with van der Waals surface area (Å²) in [6, 6.07) is 5.66. The van der Waals surface area contributed by atoms with E-state index >= 15 is 0 Å². The van der Waals surface area contributed by atoms with Gasteiger partial charge in [-0.15, -0.1) is 0 Å². The van der Waals surface area contributed by atoms with Crippen LogP contribution in [-0.2, 0) is 11.1 Å². The zero-order valence-electron chi connectivity index (χ0n) is 13.0. The van der Waals surface area contributed by atoms with Gasteiger partial charge in [0, 0.05) is 0 Å².